The van der Waals surface area contributed by atoms with Crippen LogP contribution in [0.25, 0.3) is 0 Å². The summed E-state index contributed by atoms with van der Waals surface area (Å²) < 4.78 is 0. The van der Waals surface area contributed by atoms with Gasteiger partial charge in [-0.3, -0.25) is 4.79 Å². The first-order valence-electron chi connectivity index (χ1n) is 6.01. The Morgan fingerprint density at radius 1 is 1.35 bits per heavy atom. The molecule has 1 aromatic rings. The highest BCUT2D eigenvalue weighted by molar-refractivity contribution is 7.17. The fourth-order valence-corrected chi connectivity index (χ4v) is 2.04. The first-order chi connectivity index (χ1) is 8.19. The molecule has 0 atom stereocenters. The number of carbonyl (C=O) groups is 1. The van der Waals surface area contributed by atoms with Crippen LogP contribution in [-0.2, 0) is 0 Å². The number of nitrogens with zero attached hydrogens (tertiary/aromatic N) is 3. The highest BCUT2D eigenvalue weighted by Gasteiger charge is 2.16. The molecule has 0 radical (unpaired) electrons. The van der Waals surface area contributed by atoms with Crippen LogP contribution >= 0.6 is 11.3 Å². The smallest absolute Gasteiger partial charge is 0.284 e. The van der Waals surface area contributed by atoms with Gasteiger partial charge >= 0.3 is 0 Å². The van der Waals surface area contributed by atoms with Crippen molar-refractivity contribution in [3.8, 4) is 0 Å². The summed E-state index contributed by atoms with van der Waals surface area (Å²) in [6.45, 7) is 5.82. The van der Waals surface area contributed by atoms with Crippen LogP contribution in [0.1, 0.15) is 42.9 Å². The van der Waals surface area contributed by atoms with Crippen molar-refractivity contribution in [1.29, 1.82) is 0 Å². The molecule has 0 unspecified atom stereocenters. The summed E-state index contributed by atoms with van der Waals surface area (Å²) >= 11 is 1.32. The fraction of sp³-hybridized carbons (Fsp3) is 0.727. The summed E-state index contributed by atoms with van der Waals surface area (Å²) in [5.41, 5.74) is 0. The Bertz CT molecular complexity index is 353. The van der Waals surface area contributed by atoms with Gasteiger partial charge in [0, 0.05) is 20.1 Å². The molecule has 0 fully saturated rings. The number of amides is 1. The van der Waals surface area contributed by atoms with E-state index in [2.05, 4.69) is 29.4 Å². The van der Waals surface area contributed by atoms with Gasteiger partial charge in [-0.25, -0.2) is 0 Å². The van der Waals surface area contributed by atoms with Crippen LogP contribution in [0.15, 0.2) is 0 Å². The molecule has 6 heteroatoms. The number of rotatable bonds is 7. The maximum Gasteiger partial charge on any atom is 0.284 e. The average molecular weight is 256 g/mol. The van der Waals surface area contributed by atoms with E-state index in [1.807, 2.05) is 0 Å². The van der Waals surface area contributed by atoms with Crippen LogP contribution in [0.2, 0.25) is 0 Å². The molecule has 0 saturated heterocycles. The molecule has 0 saturated carbocycles. The largest absolute Gasteiger partial charge is 0.360 e. The molecule has 0 aliphatic carbocycles. The lowest BCUT2D eigenvalue weighted by atomic mass is 10.3. The molecule has 0 aliphatic heterocycles. The number of hydrogen-bond donors (Lipinski definition) is 1. The molecular weight excluding hydrogens is 236 g/mol. The zero-order valence-electron chi connectivity index (χ0n) is 10.7. The molecule has 1 rings (SSSR count). The first kappa shape index (κ1) is 13.9. The Morgan fingerprint density at radius 3 is 2.76 bits per heavy atom. The summed E-state index contributed by atoms with van der Waals surface area (Å²) in [5.74, 6) is -0.0412. The second-order valence-electron chi connectivity index (χ2n) is 3.92. The topological polar surface area (TPSA) is 58.1 Å². The molecule has 1 N–H and O–H groups in total. The maximum atomic E-state index is 11.9. The molecular formula is C11H20N4OS. The normalized spacial score (nSPS) is 10.3. The minimum Gasteiger partial charge on any atom is -0.360 e. The maximum absolute atomic E-state index is 11.9. The van der Waals surface area contributed by atoms with Crippen molar-refractivity contribution in [2.24, 2.45) is 0 Å². The van der Waals surface area contributed by atoms with Crippen molar-refractivity contribution >= 4 is 22.4 Å². The van der Waals surface area contributed by atoms with E-state index in [0.717, 1.165) is 37.5 Å². The van der Waals surface area contributed by atoms with E-state index < -0.39 is 0 Å². The van der Waals surface area contributed by atoms with E-state index in [-0.39, 0.29) is 5.91 Å². The Morgan fingerprint density at radius 2 is 2.12 bits per heavy atom. The number of unbranched alkanes of at least 4 members (excludes halogenated alkanes) is 1. The van der Waals surface area contributed by atoms with Crippen molar-refractivity contribution in [2.75, 3.05) is 25.5 Å². The van der Waals surface area contributed by atoms with Gasteiger partial charge in [0.25, 0.3) is 5.91 Å². The van der Waals surface area contributed by atoms with Crippen LogP contribution in [0, 0.1) is 0 Å². The molecule has 0 bridgehead atoms. The lowest BCUT2D eigenvalue weighted by molar-refractivity contribution is 0.0792. The van der Waals surface area contributed by atoms with Gasteiger partial charge < -0.3 is 10.2 Å². The summed E-state index contributed by atoms with van der Waals surface area (Å²) in [6.07, 6.45) is 3.12. The minimum atomic E-state index is -0.0412. The zero-order valence-corrected chi connectivity index (χ0v) is 11.5. The molecule has 1 aromatic heterocycles. The molecule has 0 aromatic carbocycles. The summed E-state index contributed by atoms with van der Waals surface area (Å²) in [4.78, 5) is 13.6. The third-order valence-corrected chi connectivity index (χ3v) is 3.20. The quantitative estimate of drug-likeness (QED) is 0.812. The summed E-state index contributed by atoms with van der Waals surface area (Å²) in [6, 6.07) is 0. The fourth-order valence-electron chi connectivity index (χ4n) is 1.27. The molecule has 96 valence electrons. The van der Waals surface area contributed by atoms with E-state index in [9.17, 15) is 4.79 Å². The number of hydrogen-bond acceptors (Lipinski definition) is 5. The number of aromatic nitrogens is 2. The lowest BCUT2D eigenvalue weighted by Crippen LogP contribution is -2.27. The van der Waals surface area contributed by atoms with Gasteiger partial charge in [0.2, 0.25) is 10.1 Å². The van der Waals surface area contributed by atoms with E-state index in [1.54, 1.807) is 11.9 Å². The lowest BCUT2D eigenvalue weighted by Gasteiger charge is -2.14. The van der Waals surface area contributed by atoms with Crippen molar-refractivity contribution < 1.29 is 4.79 Å². The Hall–Kier alpha value is -1.17. The van der Waals surface area contributed by atoms with Crippen molar-refractivity contribution in [3.05, 3.63) is 5.01 Å². The van der Waals surface area contributed by atoms with Gasteiger partial charge in [-0.1, -0.05) is 31.6 Å². The highest BCUT2D eigenvalue weighted by atomic mass is 32.1. The molecule has 1 amide bonds. The van der Waals surface area contributed by atoms with Crippen molar-refractivity contribution in [3.63, 3.8) is 0 Å². The summed E-state index contributed by atoms with van der Waals surface area (Å²) in [7, 11) is 1.80. The molecule has 5 nitrogen and oxygen atoms in total. The first-order valence-corrected chi connectivity index (χ1v) is 6.83. The van der Waals surface area contributed by atoms with E-state index >= 15 is 0 Å². The third-order valence-electron chi connectivity index (χ3n) is 2.33. The monoisotopic (exact) mass is 256 g/mol. The molecule has 1 heterocycles. The molecule has 0 aliphatic rings. The zero-order chi connectivity index (χ0) is 12.7. The summed E-state index contributed by atoms with van der Waals surface area (Å²) in [5, 5.41) is 12.2. The average Bonchev–Trinajstić information content (AvgIpc) is 2.81. The van der Waals surface area contributed by atoms with Gasteiger partial charge in [-0.05, 0) is 12.8 Å². The molecule has 17 heavy (non-hydrogen) atoms. The number of nitrogens with one attached hydrogen (secondary N) is 1. The van der Waals surface area contributed by atoms with Crippen LogP contribution in [-0.4, -0.2) is 41.1 Å². The van der Waals surface area contributed by atoms with E-state index in [0.29, 0.717) is 5.01 Å². The number of carbonyl (C=O) groups excluding carboxylic acids is 1. The van der Waals surface area contributed by atoms with Gasteiger partial charge in [0.1, 0.15) is 0 Å². The van der Waals surface area contributed by atoms with Gasteiger partial charge in [0.05, 0.1) is 0 Å². The molecule has 0 spiro atoms. The predicted octanol–water partition coefficient (Wildman–Crippen LogP) is 2.23. The Kier molecular flexibility index (Phi) is 5.90. The van der Waals surface area contributed by atoms with Crippen molar-refractivity contribution in [2.45, 2.75) is 33.1 Å². The van der Waals surface area contributed by atoms with Crippen molar-refractivity contribution in [1.82, 2.24) is 15.1 Å². The van der Waals surface area contributed by atoms with Gasteiger partial charge in [-0.2, -0.15) is 0 Å². The second kappa shape index (κ2) is 7.21. The Labute approximate surface area is 106 Å². The predicted molar refractivity (Wildman–Crippen MR) is 70.6 cm³/mol. The second-order valence-corrected chi connectivity index (χ2v) is 4.90. The van der Waals surface area contributed by atoms with Gasteiger partial charge in [0.15, 0.2) is 0 Å². The van der Waals surface area contributed by atoms with Crippen LogP contribution < -0.4 is 5.32 Å². The Balaban J connectivity index is 2.53. The number of anilines is 1. The SMILES string of the molecule is CCCCN(C)C(=O)c1nnc(NCCC)s1. The van der Waals surface area contributed by atoms with Crippen LogP contribution in [0.5, 0.6) is 0 Å². The van der Waals surface area contributed by atoms with E-state index in [1.165, 1.54) is 11.3 Å². The third kappa shape index (κ3) is 4.30. The van der Waals surface area contributed by atoms with Crippen LogP contribution in [0.3, 0.4) is 0 Å². The highest BCUT2D eigenvalue weighted by Crippen LogP contribution is 2.16. The standard InChI is InChI=1S/C11H20N4OS/c1-4-6-8-15(3)10(16)9-13-14-11(17-9)12-7-5-2/h4-8H2,1-3H3,(H,12,14). The minimum absolute atomic E-state index is 0.0412. The van der Waals surface area contributed by atoms with Crippen LogP contribution in [0.4, 0.5) is 5.13 Å². The van der Waals surface area contributed by atoms with E-state index in [4.69, 9.17) is 0 Å². The van der Waals surface area contributed by atoms with Gasteiger partial charge in [-0.15, -0.1) is 10.2 Å².